The van der Waals surface area contributed by atoms with Crippen molar-refractivity contribution in [2.75, 3.05) is 51.1 Å². The predicted molar refractivity (Wildman–Crippen MR) is 243 cm³/mol. The minimum absolute atomic E-state index is 0.101. The molecule has 12 heteroatoms. The molecular weight excluding hydrogens is 825 g/mol. The van der Waals surface area contributed by atoms with Gasteiger partial charge in [-0.3, -0.25) is 0 Å². The van der Waals surface area contributed by atoms with Crippen LogP contribution in [0.5, 0.6) is 11.5 Å². The average Bonchev–Trinajstić information content (AvgIpc) is 3.39. The summed E-state index contributed by atoms with van der Waals surface area (Å²) in [5, 5.41) is 24.2. The van der Waals surface area contributed by atoms with E-state index in [2.05, 4.69) is 13.8 Å². The van der Waals surface area contributed by atoms with Gasteiger partial charge in [-0.1, -0.05) is 114 Å². The van der Waals surface area contributed by atoms with Crippen LogP contribution in [0.3, 0.4) is 0 Å². The molecule has 0 saturated heterocycles. The minimum Gasteiger partial charge on any atom is -0.491 e. The quantitative estimate of drug-likeness (QED) is 0.0778. The van der Waals surface area contributed by atoms with E-state index in [0.717, 1.165) is 36.8 Å². The lowest BCUT2D eigenvalue weighted by molar-refractivity contribution is 0.0171. The van der Waals surface area contributed by atoms with Crippen molar-refractivity contribution in [3.8, 4) is 11.5 Å². The zero-order valence-electron chi connectivity index (χ0n) is 36.8. The Kier molecular flexibility index (Phi) is 16.4. The van der Waals surface area contributed by atoms with E-state index in [1.165, 1.54) is 0 Å². The molecule has 0 unspecified atom stereocenters. The summed E-state index contributed by atoms with van der Waals surface area (Å²) in [4.78, 5) is 0.487. The second-order valence-corrected chi connectivity index (χ2v) is 21.1. The molecule has 2 aliphatic heterocycles. The van der Waals surface area contributed by atoms with Crippen molar-refractivity contribution in [1.82, 2.24) is 0 Å². The first kappa shape index (κ1) is 47.7. The Balaban J connectivity index is 1.03. The number of benzene rings is 4. The summed E-state index contributed by atoms with van der Waals surface area (Å²) in [7, 11) is -7.41. The lowest BCUT2D eigenvalue weighted by atomic mass is 9.69. The third-order valence-corrected chi connectivity index (χ3v) is 17.3. The third kappa shape index (κ3) is 10.6. The van der Waals surface area contributed by atoms with Gasteiger partial charge in [-0.15, -0.1) is 0 Å². The van der Waals surface area contributed by atoms with E-state index < -0.39 is 54.5 Å². The van der Waals surface area contributed by atoms with Gasteiger partial charge in [-0.25, -0.2) is 16.8 Å². The van der Waals surface area contributed by atoms with Gasteiger partial charge in [-0.2, -0.15) is 0 Å². The summed E-state index contributed by atoms with van der Waals surface area (Å²) in [6, 6.07) is 29.4. The van der Waals surface area contributed by atoms with E-state index in [1.807, 2.05) is 74.5 Å². The van der Waals surface area contributed by atoms with Gasteiger partial charge in [0.25, 0.3) is 0 Å². The summed E-state index contributed by atoms with van der Waals surface area (Å²) in [5.41, 5.74) is 1.27. The van der Waals surface area contributed by atoms with Gasteiger partial charge in [0.15, 0.2) is 19.7 Å². The SMILES string of the molecule is CCCC[C@@]1(CC)CS(=O)(=O)c2ccc(OCCOCCOCCOc3ccc4c(c3)[C@H](c3ccccc3)[C@H](O)[C@](CC)(CCCC)CS4(=O)=O)cc2[C@@H](c2ccccc2)[C@H]1O. The first-order valence-electron chi connectivity index (χ1n) is 22.5. The van der Waals surface area contributed by atoms with E-state index in [4.69, 9.17) is 18.9 Å². The summed E-state index contributed by atoms with van der Waals surface area (Å²) in [6.45, 7) is 9.76. The molecule has 0 saturated carbocycles. The second kappa shape index (κ2) is 21.3. The van der Waals surface area contributed by atoms with Gasteiger partial charge in [0.1, 0.15) is 24.7 Å². The molecular formula is C50H66O10S2. The number of hydrogen-bond donors (Lipinski definition) is 2. The third-order valence-electron chi connectivity index (χ3n) is 13.3. The molecule has 338 valence electrons. The monoisotopic (exact) mass is 890 g/mol. The lowest BCUT2D eigenvalue weighted by Gasteiger charge is -2.39. The van der Waals surface area contributed by atoms with Crippen LogP contribution in [0.25, 0.3) is 0 Å². The molecule has 0 bridgehead atoms. The predicted octanol–water partition coefficient (Wildman–Crippen LogP) is 8.91. The molecule has 62 heavy (non-hydrogen) atoms. The number of fused-ring (bicyclic) bond motifs is 2. The maximum absolute atomic E-state index is 14.0. The van der Waals surface area contributed by atoms with Crippen LogP contribution in [0, 0.1) is 10.8 Å². The maximum Gasteiger partial charge on any atom is 0.179 e. The van der Waals surface area contributed by atoms with Crippen molar-refractivity contribution >= 4 is 19.7 Å². The number of aliphatic hydroxyl groups excluding tert-OH is 2. The Morgan fingerprint density at radius 1 is 0.532 bits per heavy atom. The van der Waals surface area contributed by atoms with Crippen LogP contribution in [0.2, 0.25) is 0 Å². The Bertz CT molecular complexity index is 2110. The molecule has 6 atom stereocenters. The van der Waals surface area contributed by atoms with Crippen LogP contribution in [-0.2, 0) is 29.1 Å². The summed E-state index contributed by atoms with van der Waals surface area (Å²) >= 11 is 0. The first-order chi connectivity index (χ1) is 29.8. The molecule has 0 radical (unpaired) electrons. The second-order valence-electron chi connectivity index (χ2n) is 17.1. The van der Waals surface area contributed by atoms with E-state index in [9.17, 15) is 27.0 Å². The maximum atomic E-state index is 14.0. The van der Waals surface area contributed by atoms with Gasteiger partial charge < -0.3 is 29.2 Å². The molecule has 0 fully saturated rings. The molecule has 6 rings (SSSR count). The molecule has 0 aromatic heterocycles. The van der Waals surface area contributed by atoms with Gasteiger partial charge in [0, 0.05) is 22.7 Å². The topological polar surface area (TPSA) is 146 Å². The number of unbranched alkanes of at least 4 members (excludes halogenated alkanes) is 2. The molecule has 2 aliphatic rings. The van der Waals surface area contributed by atoms with E-state index in [1.54, 1.807) is 36.4 Å². The molecule has 0 spiro atoms. The Morgan fingerprint density at radius 3 is 1.26 bits per heavy atom. The highest BCUT2D eigenvalue weighted by Crippen LogP contribution is 2.51. The normalized spacial score (nSPS) is 25.2. The summed E-state index contributed by atoms with van der Waals surface area (Å²) < 4.78 is 79.5. The Labute approximate surface area is 369 Å². The van der Waals surface area contributed by atoms with Crippen molar-refractivity contribution in [3.63, 3.8) is 0 Å². The fraction of sp³-hybridized carbons (Fsp3) is 0.520. The van der Waals surface area contributed by atoms with Crippen molar-refractivity contribution in [2.45, 2.75) is 113 Å². The molecule has 0 amide bonds. The van der Waals surface area contributed by atoms with Gasteiger partial charge >= 0.3 is 0 Å². The molecule has 2 heterocycles. The van der Waals surface area contributed by atoms with Crippen molar-refractivity contribution in [2.24, 2.45) is 10.8 Å². The average molecular weight is 891 g/mol. The summed E-state index contributed by atoms with van der Waals surface area (Å²) in [5.74, 6) is -0.272. The van der Waals surface area contributed by atoms with Crippen molar-refractivity contribution < 1.29 is 46.0 Å². The van der Waals surface area contributed by atoms with Crippen LogP contribution in [0.15, 0.2) is 107 Å². The fourth-order valence-corrected chi connectivity index (χ4v) is 14.2. The fourth-order valence-electron chi connectivity index (χ4n) is 9.69. The minimum atomic E-state index is -3.70. The highest BCUT2D eigenvalue weighted by Gasteiger charge is 2.50. The van der Waals surface area contributed by atoms with E-state index in [-0.39, 0.29) is 47.7 Å². The van der Waals surface area contributed by atoms with Crippen LogP contribution in [-0.4, -0.2) is 90.4 Å². The molecule has 2 N–H and O–H groups in total. The van der Waals surface area contributed by atoms with E-state index in [0.29, 0.717) is 61.5 Å². The van der Waals surface area contributed by atoms with Gasteiger partial charge in [0.2, 0.25) is 0 Å². The highest BCUT2D eigenvalue weighted by molar-refractivity contribution is 7.91. The van der Waals surface area contributed by atoms with Gasteiger partial charge in [0.05, 0.1) is 59.9 Å². The molecule has 4 aromatic rings. The molecule has 0 aliphatic carbocycles. The van der Waals surface area contributed by atoms with Crippen molar-refractivity contribution in [1.29, 1.82) is 0 Å². The zero-order chi connectivity index (χ0) is 44.4. The van der Waals surface area contributed by atoms with Crippen LogP contribution in [0.1, 0.15) is 113 Å². The molecule has 10 nitrogen and oxygen atoms in total. The number of hydrogen-bond acceptors (Lipinski definition) is 10. The number of ether oxygens (including phenoxy) is 4. The Hall–Kier alpha value is -3.78. The smallest absolute Gasteiger partial charge is 0.179 e. The zero-order valence-corrected chi connectivity index (χ0v) is 38.5. The number of rotatable bonds is 21. The van der Waals surface area contributed by atoms with Gasteiger partial charge in [-0.05, 0) is 84.3 Å². The van der Waals surface area contributed by atoms with Crippen LogP contribution in [0.4, 0.5) is 0 Å². The van der Waals surface area contributed by atoms with E-state index >= 15 is 0 Å². The van der Waals surface area contributed by atoms with Crippen LogP contribution >= 0.6 is 0 Å². The summed E-state index contributed by atoms with van der Waals surface area (Å²) in [6.07, 6.45) is 4.02. The van der Waals surface area contributed by atoms with Crippen molar-refractivity contribution in [3.05, 3.63) is 119 Å². The standard InChI is InChI=1S/C50H66O10S2/c1-5-9-25-49(7-3)35-61(53,54)43-23-21-39(33-41(43)45(47(49)51)37-17-13-11-14-18-37)59-31-29-57-27-28-58-30-32-60-40-22-24-44-42(34-40)46(38-19-15-12-16-20-38)48(52)50(8-4,26-10-6-2)36-62(44,55)56/h11-24,33-34,45-48,51-52H,5-10,25-32,35-36H2,1-4H3/t45-,46+,47-,48+,49+,50-. The first-order valence-corrected chi connectivity index (χ1v) is 25.8. The number of aliphatic hydroxyl groups is 2. The molecule has 4 aromatic carbocycles. The highest BCUT2D eigenvalue weighted by atomic mass is 32.2. The largest absolute Gasteiger partial charge is 0.491 e. The Morgan fingerprint density at radius 2 is 0.903 bits per heavy atom. The number of sulfone groups is 2. The lowest BCUT2D eigenvalue weighted by Crippen LogP contribution is -2.42. The van der Waals surface area contributed by atoms with Crippen LogP contribution < -0.4 is 9.47 Å².